The molecule has 2 unspecified atom stereocenters. The predicted molar refractivity (Wildman–Crippen MR) is 130 cm³/mol. The highest BCUT2D eigenvalue weighted by atomic mass is 35.5. The lowest BCUT2D eigenvalue weighted by Crippen LogP contribution is -2.54. The molecule has 0 spiro atoms. The fourth-order valence-corrected chi connectivity index (χ4v) is 4.61. The molecule has 1 heterocycles. The summed E-state index contributed by atoms with van der Waals surface area (Å²) in [6, 6.07) is 8.58. The first-order chi connectivity index (χ1) is 16.9. The van der Waals surface area contributed by atoms with Crippen LogP contribution in [0.2, 0.25) is 5.02 Å². The van der Waals surface area contributed by atoms with Crippen molar-refractivity contribution < 1.29 is 23.1 Å². The van der Waals surface area contributed by atoms with E-state index in [2.05, 4.69) is 20.9 Å². The third-order valence-corrected chi connectivity index (χ3v) is 6.61. The molecule has 11 heteroatoms. The van der Waals surface area contributed by atoms with Crippen LogP contribution in [-0.4, -0.2) is 29.0 Å². The van der Waals surface area contributed by atoms with Gasteiger partial charge < -0.3 is 20.7 Å². The number of halogens is 3. The molecule has 1 fully saturated rings. The molecule has 3 N–H and O–H groups in total. The van der Waals surface area contributed by atoms with Gasteiger partial charge >= 0.3 is 6.03 Å². The van der Waals surface area contributed by atoms with E-state index < -0.39 is 17.7 Å². The number of hydrogen-bond donors (Lipinski definition) is 3. The van der Waals surface area contributed by atoms with Crippen LogP contribution in [0, 0.1) is 11.6 Å². The summed E-state index contributed by atoms with van der Waals surface area (Å²) in [6.45, 7) is 0.216. The zero-order valence-corrected chi connectivity index (χ0v) is 20.1. The van der Waals surface area contributed by atoms with Crippen molar-refractivity contribution in [3.63, 3.8) is 0 Å². The highest BCUT2D eigenvalue weighted by Crippen LogP contribution is 2.21. The Morgan fingerprint density at radius 1 is 1.06 bits per heavy atom. The van der Waals surface area contributed by atoms with Crippen molar-refractivity contribution in [1.29, 1.82) is 0 Å². The standard InChI is InChI=1S/C24H23ClF2N4O3S/c25-14-5-8-16(9-6-14)34-12-22-28-21(13-35-22)23(32)29-19-3-1-2-4-20(19)31-24(33)30-18-10-7-15(26)11-17(18)27/h5-11,13,19-20H,1-4,12H2,(H,29,32)(H2,30,31,33). The lowest BCUT2D eigenvalue weighted by Gasteiger charge is -2.32. The lowest BCUT2D eigenvalue weighted by molar-refractivity contribution is 0.0911. The van der Waals surface area contributed by atoms with E-state index in [9.17, 15) is 18.4 Å². The van der Waals surface area contributed by atoms with Crippen molar-refractivity contribution >= 4 is 40.6 Å². The average Bonchev–Trinajstić information content (AvgIpc) is 3.31. The molecule has 184 valence electrons. The van der Waals surface area contributed by atoms with Crippen LogP contribution in [0.1, 0.15) is 41.2 Å². The molecular weight excluding hydrogens is 498 g/mol. The number of carbonyl (C=O) groups is 2. The fraction of sp³-hybridized carbons (Fsp3) is 0.292. The number of urea groups is 1. The first-order valence-electron chi connectivity index (χ1n) is 11.0. The molecule has 3 amide bonds. The topological polar surface area (TPSA) is 92.4 Å². The van der Waals surface area contributed by atoms with E-state index in [1.165, 1.54) is 11.3 Å². The Labute approximate surface area is 209 Å². The number of ether oxygens (including phenoxy) is 1. The largest absolute Gasteiger partial charge is 0.486 e. The molecule has 1 aromatic heterocycles. The molecule has 1 saturated carbocycles. The van der Waals surface area contributed by atoms with Gasteiger partial charge in [-0.2, -0.15) is 0 Å². The molecule has 3 aromatic rings. The van der Waals surface area contributed by atoms with Gasteiger partial charge in [-0.25, -0.2) is 18.6 Å². The van der Waals surface area contributed by atoms with Gasteiger partial charge in [0.15, 0.2) is 0 Å². The van der Waals surface area contributed by atoms with E-state index in [1.54, 1.807) is 29.6 Å². The minimum absolute atomic E-state index is 0.129. The third-order valence-electron chi connectivity index (χ3n) is 5.54. The molecule has 2 atom stereocenters. The normalized spacial score (nSPS) is 17.5. The molecule has 0 radical (unpaired) electrons. The van der Waals surface area contributed by atoms with Crippen LogP contribution in [0.5, 0.6) is 5.75 Å². The number of nitrogens with one attached hydrogen (secondary N) is 3. The van der Waals surface area contributed by atoms with Crippen molar-refractivity contribution in [2.45, 2.75) is 44.4 Å². The number of nitrogens with zero attached hydrogens (tertiary/aromatic N) is 1. The van der Waals surface area contributed by atoms with Gasteiger partial charge in [0.2, 0.25) is 0 Å². The van der Waals surface area contributed by atoms with Crippen LogP contribution in [0.15, 0.2) is 47.8 Å². The lowest BCUT2D eigenvalue weighted by atomic mass is 9.90. The summed E-state index contributed by atoms with van der Waals surface area (Å²) in [5.74, 6) is -1.30. The number of hydrogen-bond acceptors (Lipinski definition) is 5. The number of amides is 3. The van der Waals surface area contributed by atoms with Crippen molar-refractivity contribution in [1.82, 2.24) is 15.6 Å². The Morgan fingerprint density at radius 2 is 1.77 bits per heavy atom. The first kappa shape index (κ1) is 24.9. The molecule has 1 aliphatic carbocycles. The van der Waals surface area contributed by atoms with Gasteiger partial charge in [-0.05, 0) is 49.2 Å². The van der Waals surface area contributed by atoms with E-state index in [0.29, 0.717) is 34.7 Å². The summed E-state index contributed by atoms with van der Waals surface area (Å²) in [5.41, 5.74) is 0.142. The number of rotatable bonds is 7. The quantitative estimate of drug-likeness (QED) is 0.382. The van der Waals surface area contributed by atoms with E-state index in [1.807, 2.05) is 0 Å². The van der Waals surface area contributed by atoms with Gasteiger partial charge in [-0.3, -0.25) is 4.79 Å². The Morgan fingerprint density at radius 3 is 2.49 bits per heavy atom. The van der Waals surface area contributed by atoms with Gasteiger partial charge in [0.05, 0.1) is 11.7 Å². The van der Waals surface area contributed by atoms with Crippen LogP contribution in [-0.2, 0) is 6.61 Å². The summed E-state index contributed by atoms with van der Waals surface area (Å²) < 4.78 is 32.6. The van der Waals surface area contributed by atoms with Crippen molar-refractivity contribution in [2.75, 3.05) is 5.32 Å². The summed E-state index contributed by atoms with van der Waals surface area (Å²) in [7, 11) is 0. The second-order valence-electron chi connectivity index (χ2n) is 8.06. The molecule has 0 aliphatic heterocycles. The predicted octanol–water partition coefficient (Wildman–Crippen LogP) is 5.52. The average molecular weight is 521 g/mol. The maximum atomic E-state index is 13.8. The minimum atomic E-state index is -0.868. The summed E-state index contributed by atoms with van der Waals surface area (Å²) in [5, 5.41) is 11.0. The molecular formula is C24H23ClF2N4O3S. The van der Waals surface area contributed by atoms with Crippen LogP contribution < -0.4 is 20.7 Å². The van der Waals surface area contributed by atoms with E-state index >= 15 is 0 Å². The Balaban J connectivity index is 1.31. The Hall–Kier alpha value is -3.24. The molecule has 0 saturated heterocycles. The summed E-state index contributed by atoms with van der Waals surface area (Å²) in [6.07, 6.45) is 3.11. The molecule has 2 aromatic carbocycles. The van der Waals surface area contributed by atoms with Crippen molar-refractivity contribution in [3.8, 4) is 5.75 Å². The van der Waals surface area contributed by atoms with Gasteiger partial charge in [0.1, 0.15) is 34.7 Å². The second-order valence-corrected chi connectivity index (χ2v) is 9.44. The Kier molecular flexibility index (Phi) is 8.14. The monoisotopic (exact) mass is 520 g/mol. The maximum Gasteiger partial charge on any atom is 0.319 e. The van der Waals surface area contributed by atoms with E-state index in [0.717, 1.165) is 25.0 Å². The van der Waals surface area contributed by atoms with Gasteiger partial charge in [-0.1, -0.05) is 24.4 Å². The van der Waals surface area contributed by atoms with Crippen molar-refractivity contribution in [3.05, 3.63) is 75.2 Å². The smallest absolute Gasteiger partial charge is 0.319 e. The number of benzene rings is 2. The van der Waals surface area contributed by atoms with Crippen molar-refractivity contribution in [2.24, 2.45) is 0 Å². The zero-order chi connectivity index (χ0) is 24.8. The highest BCUT2D eigenvalue weighted by Gasteiger charge is 2.29. The maximum absolute atomic E-state index is 13.8. The third kappa shape index (κ3) is 6.89. The van der Waals surface area contributed by atoms with Crippen LogP contribution in [0.25, 0.3) is 0 Å². The van der Waals surface area contributed by atoms with Gasteiger partial charge in [-0.15, -0.1) is 11.3 Å². The second kappa shape index (κ2) is 11.5. The molecule has 35 heavy (non-hydrogen) atoms. The molecule has 1 aliphatic rings. The summed E-state index contributed by atoms with van der Waals surface area (Å²) >= 11 is 7.18. The highest BCUT2D eigenvalue weighted by molar-refractivity contribution is 7.09. The number of carbonyl (C=O) groups excluding carboxylic acids is 2. The number of thiazole rings is 1. The molecule has 4 rings (SSSR count). The van der Waals surface area contributed by atoms with Crippen LogP contribution >= 0.6 is 22.9 Å². The minimum Gasteiger partial charge on any atom is -0.486 e. The van der Waals surface area contributed by atoms with Gasteiger partial charge in [0, 0.05) is 22.5 Å². The fourth-order valence-electron chi connectivity index (χ4n) is 3.79. The zero-order valence-electron chi connectivity index (χ0n) is 18.5. The van der Waals surface area contributed by atoms with E-state index in [-0.39, 0.29) is 36.0 Å². The number of aromatic nitrogens is 1. The molecule has 7 nitrogen and oxygen atoms in total. The number of anilines is 1. The van der Waals surface area contributed by atoms with Gasteiger partial charge in [0.25, 0.3) is 5.91 Å². The Bertz CT molecular complexity index is 1190. The van der Waals surface area contributed by atoms with E-state index in [4.69, 9.17) is 16.3 Å². The van der Waals surface area contributed by atoms with Crippen LogP contribution in [0.3, 0.4) is 0 Å². The van der Waals surface area contributed by atoms with Crippen LogP contribution in [0.4, 0.5) is 19.3 Å². The first-order valence-corrected chi connectivity index (χ1v) is 12.3. The molecule has 0 bridgehead atoms. The summed E-state index contributed by atoms with van der Waals surface area (Å²) in [4.78, 5) is 29.6. The SMILES string of the molecule is O=C(Nc1ccc(F)cc1F)NC1CCCCC1NC(=O)c1csc(COc2ccc(Cl)cc2)n1.